The Morgan fingerprint density at radius 1 is 1.14 bits per heavy atom. The Kier molecular flexibility index (Phi) is 3.46. The molecule has 2 heterocycles. The highest BCUT2D eigenvalue weighted by molar-refractivity contribution is 6.30. The lowest BCUT2D eigenvalue weighted by molar-refractivity contribution is 0.515. The predicted molar refractivity (Wildman–Crippen MR) is 86.8 cm³/mol. The van der Waals surface area contributed by atoms with E-state index < -0.39 is 0 Å². The van der Waals surface area contributed by atoms with Crippen molar-refractivity contribution in [3.63, 3.8) is 0 Å². The summed E-state index contributed by atoms with van der Waals surface area (Å²) in [6, 6.07) is 11.9. The maximum Gasteiger partial charge on any atom is 0.160 e. The van der Waals surface area contributed by atoms with Gasteiger partial charge in [-0.15, -0.1) is 0 Å². The zero-order chi connectivity index (χ0) is 15.0. The first-order valence-electron chi connectivity index (χ1n) is 7.01. The number of hydrogen-bond donors (Lipinski definition) is 0. The van der Waals surface area contributed by atoms with Gasteiger partial charge in [0.25, 0.3) is 0 Å². The molecule has 4 heteroatoms. The molecular weight excluding hydrogens is 282 g/mol. The number of nitrogens with zero attached hydrogens (tertiary/aromatic N) is 3. The van der Waals surface area contributed by atoms with Crippen LogP contribution in [0.25, 0.3) is 11.2 Å². The third kappa shape index (κ3) is 2.79. The Hall–Kier alpha value is -1.87. The van der Waals surface area contributed by atoms with E-state index in [4.69, 9.17) is 16.6 Å². The zero-order valence-electron chi connectivity index (χ0n) is 12.5. The lowest BCUT2D eigenvalue weighted by Crippen LogP contribution is -2.19. The molecule has 21 heavy (non-hydrogen) atoms. The molecule has 3 rings (SSSR count). The smallest absolute Gasteiger partial charge is 0.160 e. The summed E-state index contributed by atoms with van der Waals surface area (Å²) < 4.78 is 2.18. The van der Waals surface area contributed by atoms with Gasteiger partial charge in [0, 0.05) is 16.6 Å². The van der Waals surface area contributed by atoms with Crippen LogP contribution in [0.15, 0.2) is 42.6 Å². The number of pyridine rings is 1. The van der Waals surface area contributed by atoms with Crippen LogP contribution in [0, 0.1) is 0 Å². The largest absolute Gasteiger partial charge is 0.308 e. The van der Waals surface area contributed by atoms with Crippen LogP contribution in [-0.4, -0.2) is 14.5 Å². The summed E-state index contributed by atoms with van der Waals surface area (Å²) in [6.07, 6.45) is 1.81. The highest BCUT2D eigenvalue weighted by Crippen LogP contribution is 2.26. The van der Waals surface area contributed by atoms with Crippen LogP contribution in [0.3, 0.4) is 0 Å². The van der Waals surface area contributed by atoms with Gasteiger partial charge in [0.2, 0.25) is 0 Å². The number of aromatic nitrogens is 3. The van der Waals surface area contributed by atoms with E-state index in [9.17, 15) is 0 Å². The number of rotatable bonds is 2. The molecular formula is C17H18ClN3. The minimum absolute atomic E-state index is 0.0424. The van der Waals surface area contributed by atoms with Gasteiger partial charge in [-0.3, -0.25) is 0 Å². The second-order valence-corrected chi connectivity index (χ2v) is 6.68. The molecule has 0 amide bonds. The summed E-state index contributed by atoms with van der Waals surface area (Å²) in [4.78, 5) is 9.27. The van der Waals surface area contributed by atoms with Crippen molar-refractivity contribution in [2.75, 3.05) is 0 Å². The summed E-state index contributed by atoms with van der Waals surface area (Å²) in [5.41, 5.74) is 2.96. The van der Waals surface area contributed by atoms with Crippen molar-refractivity contribution in [1.29, 1.82) is 0 Å². The predicted octanol–water partition coefficient (Wildman–Crippen LogP) is 4.43. The van der Waals surface area contributed by atoms with Gasteiger partial charge in [-0.1, -0.05) is 44.5 Å². The topological polar surface area (TPSA) is 30.7 Å². The quantitative estimate of drug-likeness (QED) is 0.701. The van der Waals surface area contributed by atoms with Gasteiger partial charge in [-0.25, -0.2) is 9.97 Å². The van der Waals surface area contributed by atoms with E-state index in [-0.39, 0.29) is 5.41 Å². The van der Waals surface area contributed by atoms with Gasteiger partial charge in [-0.2, -0.15) is 0 Å². The number of halogens is 1. The van der Waals surface area contributed by atoms with Gasteiger partial charge in [-0.05, 0) is 29.8 Å². The molecule has 0 unspecified atom stereocenters. The van der Waals surface area contributed by atoms with E-state index in [0.29, 0.717) is 0 Å². The first kappa shape index (κ1) is 14.1. The van der Waals surface area contributed by atoms with Crippen molar-refractivity contribution in [3.8, 4) is 0 Å². The van der Waals surface area contributed by atoms with Crippen molar-refractivity contribution in [2.45, 2.75) is 32.7 Å². The molecule has 0 bridgehead atoms. The second kappa shape index (κ2) is 5.15. The lowest BCUT2D eigenvalue weighted by atomic mass is 9.95. The van der Waals surface area contributed by atoms with Crippen molar-refractivity contribution >= 4 is 22.8 Å². The SMILES string of the molecule is CC(C)(C)c1nc2cccnc2n1Cc1cccc(Cl)c1. The van der Waals surface area contributed by atoms with Crippen LogP contribution in [0.2, 0.25) is 5.02 Å². The zero-order valence-corrected chi connectivity index (χ0v) is 13.2. The Bertz CT molecular complexity index is 784. The average Bonchev–Trinajstić information content (AvgIpc) is 2.78. The fraction of sp³-hybridized carbons (Fsp3) is 0.294. The Morgan fingerprint density at radius 2 is 1.95 bits per heavy atom. The van der Waals surface area contributed by atoms with Crippen LogP contribution >= 0.6 is 11.6 Å². The van der Waals surface area contributed by atoms with Crippen LogP contribution in [0.5, 0.6) is 0 Å². The molecule has 108 valence electrons. The van der Waals surface area contributed by atoms with E-state index in [2.05, 4.69) is 36.4 Å². The maximum atomic E-state index is 6.09. The molecule has 0 saturated carbocycles. The monoisotopic (exact) mass is 299 g/mol. The summed E-state index contributed by atoms with van der Waals surface area (Å²) >= 11 is 6.09. The van der Waals surface area contributed by atoms with Crippen molar-refractivity contribution in [2.24, 2.45) is 0 Å². The van der Waals surface area contributed by atoms with Crippen molar-refractivity contribution in [3.05, 3.63) is 59.0 Å². The summed E-state index contributed by atoms with van der Waals surface area (Å²) in [7, 11) is 0. The first-order chi connectivity index (χ1) is 9.95. The Morgan fingerprint density at radius 3 is 2.67 bits per heavy atom. The normalized spacial score (nSPS) is 12.0. The maximum absolute atomic E-state index is 6.09. The fourth-order valence-corrected chi connectivity index (χ4v) is 2.71. The minimum Gasteiger partial charge on any atom is -0.308 e. The third-order valence-electron chi connectivity index (χ3n) is 3.40. The van der Waals surface area contributed by atoms with Gasteiger partial charge >= 0.3 is 0 Å². The van der Waals surface area contributed by atoms with E-state index in [1.807, 2.05) is 36.5 Å². The van der Waals surface area contributed by atoms with E-state index in [0.717, 1.165) is 34.1 Å². The third-order valence-corrected chi connectivity index (χ3v) is 3.64. The standard InChI is InChI=1S/C17H18ClN3/c1-17(2,3)16-20-14-8-5-9-19-15(14)21(16)11-12-6-4-7-13(18)10-12/h4-10H,11H2,1-3H3. The van der Waals surface area contributed by atoms with Gasteiger partial charge < -0.3 is 4.57 Å². The average molecular weight is 300 g/mol. The van der Waals surface area contributed by atoms with E-state index >= 15 is 0 Å². The molecule has 0 fully saturated rings. The molecule has 0 N–H and O–H groups in total. The summed E-state index contributed by atoms with van der Waals surface area (Å²) in [5, 5.41) is 0.752. The van der Waals surface area contributed by atoms with Crippen LogP contribution in [0.1, 0.15) is 32.2 Å². The second-order valence-electron chi connectivity index (χ2n) is 6.25. The van der Waals surface area contributed by atoms with Crippen LogP contribution < -0.4 is 0 Å². The van der Waals surface area contributed by atoms with Crippen LogP contribution in [0.4, 0.5) is 0 Å². The van der Waals surface area contributed by atoms with E-state index in [1.165, 1.54) is 0 Å². The number of benzene rings is 1. The number of hydrogen-bond acceptors (Lipinski definition) is 2. The molecule has 3 nitrogen and oxygen atoms in total. The lowest BCUT2D eigenvalue weighted by Gasteiger charge is -2.20. The Labute approximate surface area is 129 Å². The number of imidazole rings is 1. The molecule has 1 aromatic carbocycles. The number of fused-ring (bicyclic) bond motifs is 1. The van der Waals surface area contributed by atoms with Gasteiger partial charge in [0.05, 0.1) is 6.54 Å². The highest BCUT2D eigenvalue weighted by atomic mass is 35.5. The molecule has 0 radical (unpaired) electrons. The molecule has 0 aliphatic heterocycles. The molecule has 2 aromatic heterocycles. The van der Waals surface area contributed by atoms with Gasteiger partial charge in [0.1, 0.15) is 11.3 Å². The fourth-order valence-electron chi connectivity index (χ4n) is 2.50. The van der Waals surface area contributed by atoms with Crippen molar-refractivity contribution in [1.82, 2.24) is 14.5 Å². The molecule has 0 aliphatic rings. The molecule has 0 aliphatic carbocycles. The van der Waals surface area contributed by atoms with E-state index in [1.54, 1.807) is 0 Å². The molecule has 3 aromatic rings. The molecule has 0 spiro atoms. The first-order valence-corrected chi connectivity index (χ1v) is 7.39. The summed E-state index contributed by atoms with van der Waals surface area (Å²) in [5.74, 6) is 1.04. The van der Waals surface area contributed by atoms with Crippen molar-refractivity contribution < 1.29 is 0 Å². The molecule has 0 atom stereocenters. The Balaban J connectivity index is 2.15. The minimum atomic E-state index is -0.0424. The summed E-state index contributed by atoms with van der Waals surface area (Å²) in [6.45, 7) is 7.23. The molecule has 0 saturated heterocycles. The highest BCUT2D eigenvalue weighted by Gasteiger charge is 2.23. The van der Waals surface area contributed by atoms with Crippen LogP contribution in [-0.2, 0) is 12.0 Å². The van der Waals surface area contributed by atoms with Gasteiger partial charge in [0.15, 0.2) is 5.65 Å².